The number of benzene rings is 4. The van der Waals surface area contributed by atoms with Crippen molar-refractivity contribution in [1.82, 2.24) is 9.80 Å². The Kier molecular flexibility index (Phi) is 17.3. The molecule has 0 saturated carbocycles. The number of carbonyl (C=O) groups excluding carboxylic acids is 2. The maximum absolute atomic E-state index is 14.9. The highest BCUT2D eigenvalue weighted by Crippen LogP contribution is 2.36. The molecule has 4 aromatic rings. The number of likely N-dealkylation sites (tertiary alicyclic amines) is 2. The highest BCUT2D eigenvalue weighted by atomic mass is 16.5. The van der Waals surface area contributed by atoms with Gasteiger partial charge in [0.1, 0.15) is 11.6 Å². The van der Waals surface area contributed by atoms with Crippen LogP contribution in [-0.4, -0.2) is 88.1 Å². The second-order valence-electron chi connectivity index (χ2n) is 16.4. The highest BCUT2D eigenvalue weighted by Gasteiger charge is 2.44. The molecule has 0 N–H and O–H groups in total. The number of piperidine rings is 2. The van der Waals surface area contributed by atoms with Gasteiger partial charge in [0.2, 0.25) is 0 Å². The number of ketones is 2. The zero-order chi connectivity index (χ0) is 41.1. The molecule has 0 unspecified atom stereocenters. The molecule has 4 aromatic carbocycles. The first-order valence-corrected chi connectivity index (χ1v) is 22.1. The standard InChI is InChI=1S/C51H66N2O6/c1-56-47-37-41(21-25-45(47)58-35-15-33-52-29-11-5-12-30-52)23-27-49(54)51(39-43-17-7-3-8-18-43,40-44-19-9-4-10-20-44)50(55)28-24-42-22-26-46(48(38-42)57-2)59-36-16-34-53-31-13-6-14-32-53/h3-4,7-10,17-22,25-26,37-38H,5-6,11-16,23-24,27-36,39-40H2,1-2H3. The van der Waals surface area contributed by atoms with E-state index in [9.17, 15) is 9.59 Å². The molecule has 316 valence electrons. The summed E-state index contributed by atoms with van der Waals surface area (Å²) in [6.45, 7) is 8.05. The molecule has 2 heterocycles. The molecular weight excluding hydrogens is 737 g/mol. The van der Waals surface area contributed by atoms with Crippen molar-refractivity contribution in [1.29, 1.82) is 0 Å². The lowest BCUT2D eigenvalue weighted by molar-refractivity contribution is -0.141. The molecule has 2 saturated heterocycles. The average molecular weight is 803 g/mol. The van der Waals surface area contributed by atoms with Gasteiger partial charge in [0.05, 0.1) is 32.8 Å². The molecule has 2 aliphatic heterocycles. The molecule has 0 aliphatic carbocycles. The van der Waals surface area contributed by atoms with Crippen LogP contribution in [-0.2, 0) is 35.3 Å². The van der Waals surface area contributed by atoms with Crippen LogP contribution >= 0.6 is 0 Å². The summed E-state index contributed by atoms with van der Waals surface area (Å²) in [5.41, 5.74) is 2.63. The van der Waals surface area contributed by atoms with E-state index in [1.165, 1.54) is 64.7 Å². The van der Waals surface area contributed by atoms with E-state index >= 15 is 0 Å². The number of methoxy groups -OCH3 is 2. The Bertz CT molecular complexity index is 1730. The lowest BCUT2D eigenvalue weighted by Crippen LogP contribution is -2.44. The van der Waals surface area contributed by atoms with Crippen LogP contribution in [0.15, 0.2) is 97.1 Å². The van der Waals surface area contributed by atoms with Gasteiger partial charge in [0, 0.05) is 25.9 Å². The molecule has 0 amide bonds. The van der Waals surface area contributed by atoms with Gasteiger partial charge in [-0.05, 0) is 137 Å². The van der Waals surface area contributed by atoms with Crippen LogP contribution in [0.2, 0.25) is 0 Å². The summed E-state index contributed by atoms with van der Waals surface area (Å²) >= 11 is 0. The van der Waals surface area contributed by atoms with E-state index in [0.29, 0.717) is 61.9 Å². The predicted octanol–water partition coefficient (Wildman–Crippen LogP) is 9.39. The third kappa shape index (κ3) is 13.2. The molecule has 2 aliphatic rings. The lowest BCUT2D eigenvalue weighted by atomic mass is 9.68. The Balaban J connectivity index is 1.14. The number of ether oxygens (including phenoxy) is 4. The minimum atomic E-state index is -1.24. The van der Waals surface area contributed by atoms with Crippen molar-refractivity contribution in [2.24, 2.45) is 5.41 Å². The number of nitrogens with zero attached hydrogens (tertiary/aromatic N) is 2. The SMILES string of the molecule is COc1cc(CCC(=O)C(Cc2ccccc2)(Cc2ccccc2)C(=O)CCc2ccc(OCCCN3CCCCC3)c(OC)c2)ccc1OCCCN1CCCCC1. The van der Waals surface area contributed by atoms with Gasteiger partial charge in [-0.1, -0.05) is 85.6 Å². The fourth-order valence-electron chi connectivity index (χ4n) is 8.78. The number of Topliss-reactive ketones (excluding diaryl/α,β-unsaturated/α-hetero) is 2. The van der Waals surface area contributed by atoms with Gasteiger partial charge in [0.15, 0.2) is 23.0 Å². The second kappa shape index (κ2) is 23.2. The summed E-state index contributed by atoms with van der Waals surface area (Å²) < 4.78 is 23.8. The van der Waals surface area contributed by atoms with Crippen molar-refractivity contribution in [3.05, 3.63) is 119 Å². The summed E-state index contributed by atoms with van der Waals surface area (Å²) in [6, 6.07) is 31.8. The van der Waals surface area contributed by atoms with E-state index < -0.39 is 5.41 Å². The van der Waals surface area contributed by atoms with E-state index in [-0.39, 0.29) is 24.4 Å². The zero-order valence-electron chi connectivity index (χ0n) is 35.6. The Labute approximate surface area is 353 Å². The third-order valence-corrected chi connectivity index (χ3v) is 12.2. The van der Waals surface area contributed by atoms with E-state index in [2.05, 4.69) is 9.80 Å². The van der Waals surface area contributed by atoms with Gasteiger partial charge in [-0.3, -0.25) is 9.59 Å². The number of hydrogen-bond acceptors (Lipinski definition) is 8. The number of aryl methyl sites for hydroxylation is 2. The minimum Gasteiger partial charge on any atom is -0.493 e. The summed E-state index contributed by atoms with van der Waals surface area (Å²) in [4.78, 5) is 34.8. The summed E-state index contributed by atoms with van der Waals surface area (Å²) in [5.74, 6) is 2.66. The molecule has 0 radical (unpaired) electrons. The molecule has 0 atom stereocenters. The molecular formula is C51H66N2O6. The maximum Gasteiger partial charge on any atom is 0.161 e. The number of rotatable bonds is 24. The molecule has 6 rings (SSSR count). The smallest absolute Gasteiger partial charge is 0.161 e. The van der Waals surface area contributed by atoms with Crippen molar-refractivity contribution in [3.63, 3.8) is 0 Å². The molecule has 0 spiro atoms. The third-order valence-electron chi connectivity index (χ3n) is 12.2. The fourth-order valence-corrected chi connectivity index (χ4v) is 8.78. The van der Waals surface area contributed by atoms with E-state index in [4.69, 9.17) is 18.9 Å². The molecule has 0 aromatic heterocycles. The minimum absolute atomic E-state index is 0.0434. The van der Waals surface area contributed by atoms with Crippen LogP contribution < -0.4 is 18.9 Å². The summed E-state index contributed by atoms with van der Waals surface area (Å²) in [5, 5.41) is 0. The average Bonchev–Trinajstić information content (AvgIpc) is 3.29. The van der Waals surface area contributed by atoms with Crippen LogP contribution in [0.3, 0.4) is 0 Å². The number of carbonyl (C=O) groups is 2. The summed E-state index contributed by atoms with van der Waals surface area (Å²) in [6.07, 6.45) is 11.8. The Hall–Kier alpha value is -4.66. The van der Waals surface area contributed by atoms with Crippen LogP contribution in [0, 0.1) is 5.41 Å². The Morgan fingerprint density at radius 2 is 0.915 bits per heavy atom. The van der Waals surface area contributed by atoms with Crippen LogP contribution in [0.1, 0.15) is 86.5 Å². The summed E-state index contributed by atoms with van der Waals surface area (Å²) in [7, 11) is 3.31. The lowest BCUT2D eigenvalue weighted by Gasteiger charge is -2.32. The van der Waals surface area contributed by atoms with Crippen LogP contribution in [0.5, 0.6) is 23.0 Å². The van der Waals surface area contributed by atoms with E-state index in [0.717, 1.165) is 48.2 Å². The van der Waals surface area contributed by atoms with E-state index in [1.807, 2.05) is 97.1 Å². The largest absolute Gasteiger partial charge is 0.493 e. The second-order valence-corrected chi connectivity index (χ2v) is 16.4. The monoisotopic (exact) mass is 802 g/mol. The number of hydrogen-bond donors (Lipinski definition) is 0. The van der Waals surface area contributed by atoms with Gasteiger partial charge < -0.3 is 28.7 Å². The first-order chi connectivity index (χ1) is 29.0. The predicted molar refractivity (Wildman–Crippen MR) is 236 cm³/mol. The van der Waals surface area contributed by atoms with Crippen molar-refractivity contribution < 1.29 is 28.5 Å². The molecule has 59 heavy (non-hydrogen) atoms. The topological polar surface area (TPSA) is 77.5 Å². The Morgan fingerprint density at radius 3 is 1.31 bits per heavy atom. The van der Waals surface area contributed by atoms with Gasteiger partial charge >= 0.3 is 0 Å². The molecule has 2 fully saturated rings. The quantitative estimate of drug-likeness (QED) is 0.0513. The van der Waals surface area contributed by atoms with Crippen molar-refractivity contribution in [3.8, 4) is 23.0 Å². The molecule has 0 bridgehead atoms. The first kappa shape index (κ1) is 43.9. The van der Waals surface area contributed by atoms with E-state index in [1.54, 1.807) is 14.2 Å². The zero-order valence-corrected chi connectivity index (χ0v) is 35.6. The van der Waals surface area contributed by atoms with Crippen molar-refractivity contribution in [2.75, 3.05) is 66.7 Å². The first-order valence-electron chi connectivity index (χ1n) is 22.1. The maximum atomic E-state index is 14.9. The Morgan fingerprint density at radius 1 is 0.508 bits per heavy atom. The van der Waals surface area contributed by atoms with Crippen molar-refractivity contribution >= 4 is 11.6 Å². The van der Waals surface area contributed by atoms with Gasteiger partial charge in [0.25, 0.3) is 0 Å². The van der Waals surface area contributed by atoms with Crippen LogP contribution in [0.4, 0.5) is 0 Å². The highest BCUT2D eigenvalue weighted by molar-refractivity contribution is 6.07. The fraction of sp³-hybridized carbons (Fsp3) is 0.490. The molecule has 8 heteroatoms. The van der Waals surface area contributed by atoms with Crippen molar-refractivity contribution in [2.45, 2.75) is 89.9 Å². The normalized spacial score (nSPS) is 15.1. The van der Waals surface area contributed by atoms with Gasteiger partial charge in [-0.25, -0.2) is 0 Å². The van der Waals surface area contributed by atoms with Gasteiger partial charge in [-0.2, -0.15) is 0 Å². The molecule has 8 nitrogen and oxygen atoms in total. The van der Waals surface area contributed by atoms with Crippen LogP contribution in [0.25, 0.3) is 0 Å². The van der Waals surface area contributed by atoms with Gasteiger partial charge in [-0.15, -0.1) is 0 Å².